The summed E-state index contributed by atoms with van der Waals surface area (Å²) in [4.78, 5) is 0. The van der Waals surface area contributed by atoms with E-state index in [1.807, 2.05) is 0 Å². The van der Waals surface area contributed by atoms with Crippen LogP contribution in [0.25, 0.3) is 0 Å². The van der Waals surface area contributed by atoms with E-state index in [1.165, 1.54) is 0 Å². The minimum atomic E-state index is -4.75. The third kappa shape index (κ3) is 5.39. The van der Waals surface area contributed by atoms with Crippen LogP contribution in [0, 0.1) is 0 Å². The summed E-state index contributed by atoms with van der Waals surface area (Å²) < 4.78 is 73.2. The van der Waals surface area contributed by atoms with Crippen molar-refractivity contribution in [2.75, 3.05) is 0 Å². The quantitative estimate of drug-likeness (QED) is 0.611. The minimum absolute atomic E-state index is 0.389. The summed E-state index contributed by atoms with van der Waals surface area (Å²) >= 11 is 0. The zero-order valence-corrected chi connectivity index (χ0v) is 9.65. The van der Waals surface area contributed by atoms with Crippen molar-refractivity contribution in [3.05, 3.63) is 35.5 Å². The summed E-state index contributed by atoms with van der Waals surface area (Å²) in [5.74, 6) is 0. The molecule has 0 rings (SSSR count). The molecule has 104 valence electrons. The molecule has 0 aromatic carbocycles. The van der Waals surface area contributed by atoms with Crippen molar-refractivity contribution in [2.45, 2.75) is 32.3 Å². The Hall–Kier alpha value is -1.24. The Bertz CT molecular complexity index is 370. The summed E-state index contributed by atoms with van der Waals surface area (Å²) in [5.41, 5.74) is -2.94. The Kier molecular flexibility index (Phi) is 5.21. The first-order valence-corrected chi connectivity index (χ1v) is 4.77. The van der Waals surface area contributed by atoms with Crippen LogP contribution in [0.15, 0.2) is 35.5 Å². The topological polar surface area (TPSA) is 20.2 Å². The van der Waals surface area contributed by atoms with E-state index < -0.39 is 35.2 Å². The molecule has 1 unspecified atom stereocenters. The monoisotopic (exact) mass is 274 g/mol. The summed E-state index contributed by atoms with van der Waals surface area (Å²) in [6.07, 6.45) is -10.0. The van der Waals surface area contributed by atoms with Gasteiger partial charge in [-0.05, 0) is 31.6 Å². The highest BCUT2D eigenvalue weighted by molar-refractivity contribution is 5.35. The normalized spacial score (nSPS) is 16.7. The number of halogens is 6. The van der Waals surface area contributed by atoms with Gasteiger partial charge < -0.3 is 5.11 Å². The van der Waals surface area contributed by atoms with E-state index in [1.54, 1.807) is 0 Å². The predicted molar refractivity (Wildman–Crippen MR) is 54.8 cm³/mol. The van der Waals surface area contributed by atoms with Gasteiger partial charge in [0.25, 0.3) is 0 Å². The molecule has 0 amide bonds. The van der Waals surface area contributed by atoms with Gasteiger partial charge in [-0.1, -0.05) is 6.58 Å². The molecule has 0 heterocycles. The molecule has 0 bridgehead atoms. The van der Waals surface area contributed by atoms with Gasteiger partial charge in [0.2, 0.25) is 0 Å². The Labute approximate surface area is 100 Å². The zero-order chi connectivity index (χ0) is 14.7. The molecule has 0 saturated carbocycles. The Morgan fingerprint density at radius 3 is 1.78 bits per heavy atom. The van der Waals surface area contributed by atoms with Crippen LogP contribution in [0.5, 0.6) is 0 Å². The number of allylic oxidation sites excluding steroid dienone is 3. The molecule has 0 saturated heterocycles. The van der Waals surface area contributed by atoms with Gasteiger partial charge in [0.15, 0.2) is 0 Å². The van der Waals surface area contributed by atoms with E-state index >= 15 is 0 Å². The van der Waals surface area contributed by atoms with Crippen molar-refractivity contribution in [1.29, 1.82) is 0 Å². The van der Waals surface area contributed by atoms with E-state index in [0.717, 1.165) is 6.92 Å². The second kappa shape index (κ2) is 5.60. The van der Waals surface area contributed by atoms with Crippen molar-refractivity contribution >= 4 is 0 Å². The van der Waals surface area contributed by atoms with Crippen LogP contribution < -0.4 is 0 Å². The van der Waals surface area contributed by atoms with E-state index in [4.69, 9.17) is 5.11 Å². The number of rotatable bonds is 3. The molecule has 0 aliphatic heterocycles. The second-order valence-corrected chi connectivity index (χ2v) is 3.67. The number of alkyl halides is 6. The van der Waals surface area contributed by atoms with Gasteiger partial charge in [-0.25, -0.2) is 0 Å². The van der Waals surface area contributed by atoms with Crippen LogP contribution in [-0.2, 0) is 0 Å². The third-order valence-electron chi connectivity index (χ3n) is 2.02. The third-order valence-corrected chi connectivity index (χ3v) is 2.02. The van der Waals surface area contributed by atoms with Crippen LogP contribution in [0.4, 0.5) is 26.3 Å². The van der Waals surface area contributed by atoms with E-state index in [2.05, 4.69) is 6.58 Å². The van der Waals surface area contributed by atoms with Crippen LogP contribution in [0.2, 0.25) is 0 Å². The molecule has 0 fully saturated rings. The molecule has 0 radical (unpaired) electrons. The maximum absolute atomic E-state index is 12.2. The lowest BCUT2D eigenvalue weighted by atomic mass is 10.0. The molecule has 1 N–H and O–H groups in total. The van der Waals surface area contributed by atoms with Gasteiger partial charge in [-0.3, -0.25) is 0 Å². The van der Waals surface area contributed by atoms with Crippen LogP contribution in [0.1, 0.15) is 13.8 Å². The van der Waals surface area contributed by atoms with Gasteiger partial charge in [0.1, 0.15) is 0 Å². The fourth-order valence-corrected chi connectivity index (χ4v) is 0.898. The van der Waals surface area contributed by atoms with Crippen LogP contribution >= 0.6 is 0 Å². The highest BCUT2D eigenvalue weighted by Gasteiger charge is 2.32. The van der Waals surface area contributed by atoms with Crippen molar-refractivity contribution in [3.8, 4) is 0 Å². The van der Waals surface area contributed by atoms with Gasteiger partial charge in [-0.2, -0.15) is 26.3 Å². The Morgan fingerprint density at radius 2 is 1.50 bits per heavy atom. The molecular formula is C11H12F6O. The largest absolute Gasteiger partial charge is 0.415 e. The zero-order valence-electron chi connectivity index (χ0n) is 9.65. The first kappa shape index (κ1) is 16.8. The molecular weight excluding hydrogens is 262 g/mol. The average Bonchev–Trinajstić information content (AvgIpc) is 2.12. The van der Waals surface area contributed by atoms with Crippen molar-refractivity contribution in [3.63, 3.8) is 0 Å². The Balaban J connectivity index is 5.38. The SMILES string of the molecule is C=C(/C=C(\C=C(/C)C(F)(F)F)C(C)O)C(F)(F)F. The Morgan fingerprint density at radius 1 is 1.06 bits per heavy atom. The molecule has 0 aromatic heterocycles. The highest BCUT2D eigenvalue weighted by atomic mass is 19.4. The second-order valence-electron chi connectivity index (χ2n) is 3.67. The summed E-state index contributed by atoms with van der Waals surface area (Å²) in [6.45, 7) is 4.46. The molecule has 1 nitrogen and oxygen atoms in total. The number of hydrogen-bond acceptors (Lipinski definition) is 1. The predicted octanol–water partition coefficient (Wildman–Crippen LogP) is 3.92. The highest BCUT2D eigenvalue weighted by Crippen LogP contribution is 2.29. The van der Waals surface area contributed by atoms with Gasteiger partial charge in [0, 0.05) is 11.1 Å². The van der Waals surface area contributed by atoms with Crippen molar-refractivity contribution in [2.24, 2.45) is 0 Å². The molecule has 0 aromatic rings. The molecule has 18 heavy (non-hydrogen) atoms. The number of aliphatic hydroxyl groups is 1. The lowest BCUT2D eigenvalue weighted by molar-refractivity contribution is -0.0914. The fourth-order valence-electron chi connectivity index (χ4n) is 0.898. The van der Waals surface area contributed by atoms with Crippen LogP contribution in [-0.4, -0.2) is 23.6 Å². The molecule has 0 aliphatic rings. The molecule has 7 heteroatoms. The first-order valence-electron chi connectivity index (χ1n) is 4.77. The maximum atomic E-state index is 12.2. The van der Waals surface area contributed by atoms with E-state index in [-0.39, 0.29) is 0 Å². The summed E-state index contributed by atoms with van der Waals surface area (Å²) in [7, 11) is 0. The molecule has 1 atom stereocenters. The van der Waals surface area contributed by atoms with Gasteiger partial charge in [0.05, 0.1) is 6.10 Å². The minimum Gasteiger partial charge on any atom is -0.389 e. The van der Waals surface area contributed by atoms with Crippen LogP contribution in [0.3, 0.4) is 0 Å². The molecule has 0 aliphatic carbocycles. The van der Waals surface area contributed by atoms with Crippen molar-refractivity contribution < 1.29 is 31.4 Å². The van der Waals surface area contributed by atoms with E-state index in [9.17, 15) is 26.3 Å². The van der Waals surface area contributed by atoms with Crippen molar-refractivity contribution in [1.82, 2.24) is 0 Å². The lowest BCUT2D eigenvalue weighted by Crippen LogP contribution is -2.14. The summed E-state index contributed by atoms with van der Waals surface area (Å²) in [5, 5.41) is 9.15. The van der Waals surface area contributed by atoms with E-state index in [0.29, 0.717) is 19.1 Å². The lowest BCUT2D eigenvalue weighted by Gasteiger charge is -2.12. The van der Waals surface area contributed by atoms with Gasteiger partial charge >= 0.3 is 12.4 Å². The average molecular weight is 274 g/mol. The fraction of sp³-hybridized carbons (Fsp3) is 0.455. The first-order chi connectivity index (χ1) is 7.85. The summed E-state index contributed by atoms with van der Waals surface area (Å²) in [6, 6.07) is 0. The maximum Gasteiger partial charge on any atom is 0.415 e. The standard InChI is InChI=1S/C11H12F6O/c1-6(10(12,13)14)4-9(8(3)18)5-7(2)11(15,16)17/h4-5,8,18H,1H2,2-3H3/b7-5+,9-4+. The molecule has 0 spiro atoms. The van der Waals surface area contributed by atoms with Gasteiger partial charge in [-0.15, -0.1) is 0 Å². The smallest absolute Gasteiger partial charge is 0.389 e. The number of hydrogen-bond donors (Lipinski definition) is 1. The number of aliphatic hydroxyl groups excluding tert-OH is 1.